The van der Waals surface area contributed by atoms with Crippen molar-refractivity contribution < 1.29 is 256 Å². The van der Waals surface area contributed by atoms with Crippen molar-refractivity contribution in [1.82, 2.24) is 0 Å². The molecule has 9 nitrogen and oxygen atoms in total. The Hall–Kier alpha value is -2.96. The first-order valence-corrected chi connectivity index (χ1v) is 26.0. The molecule has 0 aliphatic rings. The Morgan fingerprint density at radius 3 is 0.352 bits per heavy atom. The van der Waals surface area contributed by atoms with Crippen LogP contribution in [-0.4, -0.2) is 189 Å². The molecule has 0 atom stereocenters. The van der Waals surface area contributed by atoms with Crippen molar-refractivity contribution in [1.29, 1.82) is 0 Å². The molecule has 0 N–H and O–H groups in total. The molecule has 0 aliphatic heterocycles. The maximum atomic E-state index is 14.7. The summed E-state index contributed by atoms with van der Waals surface area (Å²) in [5, 5.41) is -30.2. The molecule has 0 aromatic rings. The summed E-state index contributed by atoms with van der Waals surface area (Å²) in [4.78, 5) is 0. The van der Waals surface area contributed by atoms with Crippen LogP contribution in [-0.2, 0) is 37.1 Å². The third-order valence-corrected chi connectivity index (χ3v) is 24.2. The van der Waals surface area contributed by atoms with E-state index >= 15 is 0 Å². The molecule has 530 valence electrons. The Balaban J connectivity index is 9.14. The molecule has 0 saturated carbocycles. The number of hydrogen-bond acceptors (Lipinski definition) is 9. The second-order valence-corrected chi connectivity index (χ2v) is 26.9. The molecular formula is C24BiF51O9S3. The van der Waals surface area contributed by atoms with Gasteiger partial charge in [-0.15, -0.1) is 0 Å². The van der Waals surface area contributed by atoms with Gasteiger partial charge in [0.05, 0.1) is 0 Å². The molecule has 0 aromatic carbocycles. The molecule has 88 heavy (non-hydrogen) atoms. The Morgan fingerprint density at radius 1 is 0.159 bits per heavy atom. The van der Waals surface area contributed by atoms with Gasteiger partial charge in [-0.2, -0.15) is 0 Å². The average molecular weight is 1710 g/mol. The van der Waals surface area contributed by atoms with Gasteiger partial charge < -0.3 is 0 Å². The van der Waals surface area contributed by atoms with E-state index in [4.69, 9.17) is 0 Å². The molecule has 0 spiro atoms. The van der Waals surface area contributed by atoms with Gasteiger partial charge in [0.15, 0.2) is 0 Å². The molecule has 0 radical (unpaired) electrons. The Labute approximate surface area is 450 Å². The van der Waals surface area contributed by atoms with E-state index in [1.807, 2.05) is 0 Å². The van der Waals surface area contributed by atoms with Crippen molar-refractivity contribution in [2.75, 3.05) is 0 Å². The van der Waals surface area contributed by atoms with Crippen molar-refractivity contribution in [3.05, 3.63) is 0 Å². The fourth-order valence-electron chi connectivity index (χ4n) is 4.34. The maximum absolute atomic E-state index is 14.7. The molecule has 0 amide bonds. The second kappa shape index (κ2) is 21.3. The van der Waals surface area contributed by atoms with Gasteiger partial charge in [-0.05, 0) is 0 Å². The van der Waals surface area contributed by atoms with E-state index in [1.54, 1.807) is 0 Å². The molecule has 0 unspecified atom stereocenters. The van der Waals surface area contributed by atoms with Crippen molar-refractivity contribution in [2.24, 2.45) is 0 Å². The summed E-state index contributed by atoms with van der Waals surface area (Å²) in [7, 11) is -32.3. The summed E-state index contributed by atoms with van der Waals surface area (Å²) in [6, 6.07) is 0. The van der Waals surface area contributed by atoms with E-state index in [0.717, 1.165) is 0 Å². The van der Waals surface area contributed by atoms with Gasteiger partial charge >= 0.3 is 450 Å². The SMILES string of the molecule is O=S(=O)([O][Bi]([O]S(=O)(=O)C(F)(F)C(F)(F)C(F)(F)C(F)(F)C(F)(F)C(F)(F)C(F)(F)C(F)(F)F)[O]S(=O)(=O)C(F)(F)C(F)(F)C(F)(F)C(F)(F)C(F)(F)C(F)(F)C(F)(F)C(F)(F)F)C(F)(F)C(F)(F)C(F)(F)C(F)(F)C(F)(F)C(F)(F)C(F)(F)C(F)(F)F. The zero-order valence-electron chi connectivity index (χ0n) is 36.6. The van der Waals surface area contributed by atoms with E-state index in [0.29, 0.717) is 0 Å². The van der Waals surface area contributed by atoms with Crippen molar-refractivity contribution in [2.45, 2.75) is 141 Å². The van der Waals surface area contributed by atoms with E-state index in [9.17, 15) is 249 Å². The fraction of sp³-hybridized carbons (Fsp3) is 1.00. The van der Waals surface area contributed by atoms with Gasteiger partial charge in [-0.1, -0.05) is 0 Å². The number of halogens is 51. The first-order valence-electron chi connectivity index (χ1n) is 17.5. The molecular weight excluding hydrogens is 1710 g/mol. The van der Waals surface area contributed by atoms with E-state index in [2.05, 4.69) is 0 Å². The van der Waals surface area contributed by atoms with Gasteiger partial charge in [-0.25, -0.2) is 0 Å². The Kier molecular flexibility index (Phi) is 20.6. The standard InChI is InChI=1S/3C8HF17O3S.Bi/c3*9-1(10,3(13,14)5(17,18)7(21,22)23)2(11,12)4(15,16)6(19,20)8(24,25)29(26,27)28;/h3*(H,26,27,28);/q;;;+3/p-3. The van der Waals surface area contributed by atoms with Gasteiger partial charge in [-0.3, -0.25) is 0 Å². The number of rotatable bonds is 27. The van der Waals surface area contributed by atoms with Crippen LogP contribution < -0.4 is 0 Å². The minimum absolute atomic E-state index is 1.39. The molecule has 0 bridgehead atoms. The molecule has 0 aliphatic carbocycles. The fourth-order valence-corrected chi connectivity index (χ4v) is 18.2. The average Bonchev–Trinajstić information content (AvgIpc) is 3.25. The summed E-state index contributed by atoms with van der Waals surface area (Å²) in [5.41, 5.74) is 0. The summed E-state index contributed by atoms with van der Waals surface area (Å²) < 4.78 is 773. The zero-order valence-corrected chi connectivity index (χ0v) is 42.5. The van der Waals surface area contributed by atoms with Gasteiger partial charge in [0.1, 0.15) is 0 Å². The molecule has 0 fully saturated rings. The summed E-state index contributed by atoms with van der Waals surface area (Å²) in [6.45, 7) is 0. The first kappa shape index (κ1) is 85.0. The monoisotopic (exact) mass is 1710 g/mol. The minimum atomic E-state index is -11.2. The van der Waals surface area contributed by atoms with E-state index in [-0.39, 0.29) is 0 Å². The van der Waals surface area contributed by atoms with Gasteiger partial charge in [0, 0.05) is 0 Å². The van der Waals surface area contributed by atoms with Crippen LogP contribution in [0.5, 0.6) is 0 Å². The number of alkyl halides is 51. The van der Waals surface area contributed by atoms with Crippen LogP contribution in [0.15, 0.2) is 0 Å². The second-order valence-electron chi connectivity index (χ2n) is 15.2. The van der Waals surface area contributed by atoms with E-state index in [1.165, 1.54) is 6.78 Å². The van der Waals surface area contributed by atoms with Crippen LogP contribution in [0.2, 0.25) is 0 Å². The predicted octanol–water partition coefficient (Wildman–Crippen LogP) is 13.9. The molecule has 0 heterocycles. The van der Waals surface area contributed by atoms with Crippen molar-refractivity contribution >= 4 is 53.4 Å². The molecule has 0 rings (SSSR count). The van der Waals surface area contributed by atoms with Crippen LogP contribution in [0.3, 0.4) is 0 Å². The van der Waals surface area contributed by atoms with E-state index < -0.39 is 194 Å². The van der Waals surface area contributed by atoms with Crippen LogP contribution in [0.1, 0.15) is 0 Å². The predicted molar refractivity (Wildman–Crippen MR) is 158 cm³/mol. The van der Waals surface area contributed by atoms with Crippen LogP contribution in [0, 0.1) is 0 Å². The van der Waals surface area contributed by atoms with Crippen LogP contribution >= 0.6 is 0 Å². The molecule has 0 aromatic heterocycles. The molecule has 64 heteroatoms. The Bertz CT molecular complexity index is 2600. The van der Waals surface area contributed by atoms with Crippen LogP contribution in [0.4, 0.5) is 224 Å². The summed E-state index contributed by atoms with van der Waals surface area (Å²) in [5.74, 6) is -180. The third kappa shape index (κ3) is 10.7. The van der Waals surface area contributed by atoms with Crippen molar-refractivity contribution in [3.63, 3.8) is 0 Å². The van der Waals surface area contributed by atoms with Gasteiger partial charge in [0.25, 0.3) is 0 Å². The first-order chi connectivity index (χ1) is 36.8. The third-order valence-electron chi connectivity index (χ3n) is 9.50. The quantitative estimate of drug-likeness (QED) is 0.0583. The topological polar surface area (TPSA) is 130 Å². The van der Waals surface area contributed by atoms with Gasteiger partial charge in [0.2, 0.25) is 0 Å². The van der Waals surface area contributed by atoms with Crippen molar-refractivity contribution in [3.8, 4) is 0 Å². The van der Waals surface area contributed by atoms with Crippen LogP contribution in [0.25, 0.3) is 0 Å². The summed E-state index contributed by atoms with van der Waals surface area (Å²) >= 11 is -11.2. The zero-order chi connectivity index (χ0) is 73.2. The normalized spacial score (nSPS) is 17.3. The Morgan fingerprint density at radius 2 is 0.250 bits per heavy atom. The molecule has 0 saturated heterocycles. The number of hydrogen-bond donors (Lipinski definition) is 0. The summed E-state index contributed by atoms with van der Waals surface area (Å²) in [6.07, 6.45) is -26.1.